The number of hydrogen-bond acceptors (Lipinski definition) is 4. The summed E-state index contributed by atoms with van der Waals surface area (Å²) in [4.78, 5) is 24.4. The summed E-state index contributed by atoms with van der Waals surface area (Å²) in [6, 6.07) is 6.73. The van der Waals surface area contributed by atoms with Crippen molar-refractivity contribution >= 4 is 21.8 Å². The van der Waals surface area contributed by atoms with Gasteiger partial charge in [-0.25, -0.2) is 13.1 Å². The van der Waals surface area contributed by atoms with Crippen LogP contribution in [0.15, 0.2) is 29.2 Å². The van der Waals surface area contributed by atoms with Crippen LogP contribution in [0.2, 0.25) is 0 Å². The van der Waals surface area contributed by atoms with E-state index in [-0.39, 0.29) is 23.3 Å². The van der Waals surface area contributed by atoms with Gasteiger partial charge in [0.15, 0.2) is 0 Å². The molecule has 1 aromatic rings. The second kappa shape index (κ2) is 8.96. The number of nitrogens with one attached hydrogen (secondary N) is 2. The fourth-order valence-corrected chi connectivity index (χ4v) is 3.76. The maximum atomic E-state index is 12.2. The summed E-state index contributed by atoms with van der Waals surface area (Å²) in [6.45, 7) is 3.61. The minimum absolute atomic E-state index is 0.130. The van der Waals surface area contributed by atoms with Gasteiger partial charge in [-0.05, 0) is 37.0 Å². The summed E-state index contributed by atoms with van der Waals surface area (Å²) in [6.07, 6.45) is 2.80. The first kappa shape index (κ1) is 19.4. The molecule has 1 aliphatic rings. The summed E-state index contributed by atoms with van der Waals surface area (Å²) in [7, 11) is -3.54. The lowest BCUT2D eigenvalue weighted by Crippen LogP contribution is -2.29. The average Bonchev–Trinajstić information content (AvgIpc) is 2.98. The largest absolute Gasteiger partial charge is 0.356 e. The van der Waals surface area contributed by atoms with Crippen molar-refractivity contribution < 1.29 is 18.0 Å². The zero-order chi connectivity index (χ0) is 18.3. The molecule has 7 nitrogen and oxygen atoms in total. The van der Waals surface area contributed by atoms with E-state index < -0.39 is 10.0 Å². The van der Waals surface area contributed by atoms with Crippen LogP contribution in [0.5, 0.6) is 0 Å². The first-order chi connectivity index (χ1) is 11.9. The van der Waals surface area contributed by atoms with Crippen molar-refractivity contribution in [1.82, 2.24) is 14.9 Å². The highest BCUT2D eigenvalue weighted by atomic mass is 32.2. The Morgan fingerprint density at radius 1 is 1.20 bits per heavy atom. The van der Waals surface area contributed by atoms with Crippen molar-refractivity contribution in [2.45, 2.75) is 37.5 Å². The van der Waals surface area contributed by atoms with E-state index in [1.54, 1.807) is 24.3 Å². The number of nitrogens with zero attached hydrogens (tertiary/aromatic N) is 1. The predicted molar refractivity (Wildman–Crippen MR) is 94.4 cm³/mol. The summed E-state index contributed by atoms with van der Waals surface area (Å²) in [5.74, 6) is 0.0664. The molecule has 8 heteroatoms. The first-order valence-electron chi connectivity index (χ1n) is 8.49. The van der Waals surface area contributed by atoms with Crippen molar-refractivity contribution in [3.63, 3.8) is 0 Å². The van der Waals surface area contributed by atoms with Crippen molar-refractivity contribution in [1.29, 1.82) is 0 Å². The van der Waals surface area contributed by atoms with Crippen LogP contribution in [-0.2, 0) is 26.0 Å². The molecular formula is C17H25N3O4S. The Balaban J connectivity index is 1.81. The van der Waals surface area contributed by atoms with Crippen LogP contribution in [-0.4, -0.2) is 51.3 Å². The molecular weight excluding hydrogens is 342 g/mol. The van der Waals surface area contributed by atoms with Crippen molar-refractivity contribution in [2.24, 2.45) is 0 Å². The Bertz CT molecular complexity index is 701. The van der Waals surface area contributed by atoms with E-state index in [9.17, 15) is 18.0 Å². The molecule has 2 amide bonds. The van der Waals surface area contributed by atoms with E-state index in [0.717, 1.165) is 24.9 Å². The third kappa shape index (κ3) is 6.13. The number of likely N-dealkylation sites (tertiary alicyclic amines) is 1. The maximum absolute atomic E-state index is 12.2. The highest BCUT2D eigenvalue weighted by molar-refractivity contribution is 7.89. The Morgan fingerprint density at radius 3 is 2.52 bits per heavy atom. The van der Waals surface area contributed by atoms with Crippen LogP contribution in [0, 0.1) is 0 Å². The molecule has 1 heterocycles. The fraction of sp³-hybridized carbons (Fsp3) is 0.529. The van der Waals surface area contributed by atoms with Gasteiger partial charge in [-0.1, -0.05) is 12.1 Å². The van der Waals surface area contributed by atoms with Gasteiger partial charge in [0, 0.05) is 39.5 Å². The lowest BCUT2D eigenvalue weighted by molar-refractivity contribution is -0.127. The zero-order valence-electron chi connectivity index (χ0n) is 14.5. The molecule has 138 valence electrons. The summed E-state index contributed by atoms with van der Waals surface area (Å²) in [5, 5.41) is 2.62. The van der Waals surface area contributed by atoms with Crippen molar-refractivity contribution in [2.75, 3.05) is 26.2 Å². The normalized spacial score (nSPS) is 14.8. The van der Waals surface area contributed by atoms with E-state index in [1.165, 1.54) is 6.92 Å². The molecule has 0 aromatic heterocycles. The smallest absolute Gasteiger partial charge is 0.240 e. The Kier molecular flexibility index (Phi) is 6.95. The van der Waals surface area contributed by atoms with Crippen LogP contribution in [0.3, 0.4) is 0 Å². The molecule has 25 heavy (non-hydrogen) atoms. The Labute approximate surface area is 148 Å². The van der Waals surface area contributed by atoms with E-state index in [2.05, 4.69) is 10.0 Å². The summed E-state index contributed by atoms with van der Waals surface area (Å²) >= 11 is 0. The van der Waals surface area contributed by atoms with Crippen LogP contribution in [0.1, 0.15) is 31.7 Å². The Morgan fingerprint density at radius 2 is 1.92 bits per heavy atom. The summed E-state index contributed by atoms with van der Waals surface area (Å²) < 4.78 is 26.9. The Hall–Kier alpha value is -1.93. The molecule has 1 aromatic carbocycles. The van der Waals surface area contributed by atoms with Crippen LogP contribution in [0.4, 0.5) is 0 Å². The van der Waals surface area contributed by atoms with E-state index in [0.29, 0.717) is 25.9 Å². The summed E-state index contributed by atoms with van der Waals surface area (Å²) in [5.41, 5.74) is 1.00. The number of benzene rings is 1. The third-order valence-corrected chi connectivity index (χ3v) is 5.57. The van der Waals surface area contributed by atoms with Gasteiger partial charge in [-0.15, -0.1) is 0 Å². The minimum atomic E-state index is -3.54. The lowest BCUT2D eigenvalue weighted by Gasteiger charge is -2.15. The van der Waals surface area contributed by atoms with Gasteiger partial charge in [-0.2, -0.15) is 0 Å². The quantitative estimate of drug-likeness (QED) is 0.627. The van der Waals surface area contributed by atoms with Crippen LogP contribution < -0.4 is 10.0 Å². The van der Waals surface area contributed by atoms with Crippen molar-refractivity contribution in [3.8, 4) is 0 Å². The van der Waals surface area contributed by atoms with E-state index in [1.807, 2.05) is 4.90 Å². The third-order valence-electron chi connectivity index (χ3n) is 4.10. The molecule has 2 rings (SSSR count). The second-order valence-electron chi connectivity index (χ2n) is 6.11. The average molecular weight is 367 g/mol. The van der Waals surface area contributed by atoms with Gasteiger partial charge >= 0.3 is 0 Å². The van der Waals surface area contributed by atoms with Gasteiger partial charge < -0.3 is 10.2 Å². The predicted octanol–water partition coefficient (Wildman–Crippen LogP) is 0.656. The maximum Gasteiger partial charge on any atom is 0.240 e. The first-order valence-corrected chi connectivity index (χ1v) is 9.97. The number of amides is 2. The molecule has 1 saturated heterocycles. The SMILES string of the molecule is CC(=O)NCCCNS(=O)(=O)c1ccc(CCN2CCCC2=O)cc1. The van der Waals surface area contributed by atoms with Gasteiger partial charge in [0.05, 0.1) is 4.90 Å². The number of sulfonamides is 1. The van der Waals surface area contributed by atoms with Crippen molar-refractivity contribution in [3.05, 3.63) is 29.8 Å². The van der Waals surface area contributed by atoms with Gasteiger partial charge in [0.2, 0.25) is 21.8 Å². The molecule has 0 unspecified atom stereocenters. The highest BCUT2D eigenvalue weighted by Gasteiger charge is 2.19. The minimum Gasteiger partial charge on any atom is -0.356 e. The van der Waals surface area contributed by atoms with E-state index in [4.69, 9.17) is 0 Å². The van der Waals surface area contributed by atoms with Crippen LogP contribution in [0.25, 0.3) is 0 Å². The number of carbonyl (C=O) groups is 2. The molecule has 0 atom stereocenters. The molecule has 1 aliphatic heterocycles. The van der Waals surface area contributed by atoms with Crippen LogP contribution >= 0.6 is 0 Å². The fourth-order valence-electron chi connectivity index (χ4n) is 2.68. The van der Waals surface area contributed by atoms with E-state index >= 15 is 0 Å². The topological polar surface area (TPSA) is 95.6 Å². The lowest BCUT2D eigenvalue weighted by atomic mass is 10.1. The highest BCUT2D eigenvalue weighted by Crippen LogP contribution is 2.14. The van der Waals surface area contributed by atoms with Gasteiger partial charge in [0.25, 0.3) is 0 Å². The monoisotopic (exact) mass is 367 g/mol. The number of hydrogen-bond donors (Lipinski definition) is 2. The molecule has 0 radical (unpaired) electrons. The molecule has 0 spiro atoms. The molecule has 0 aliphatic carbocycles. The molecule has 2 N–H and O–H groups in total. The number of rotatable bonds is 9. The molecule has 1 fully saturated rings. The zero-order valence-corrected chi connectivity index (χ0v) is 15.3. The standard InChI is InChI=1S/C17H25N3O4S/c1-14(21)18-10-3-11-19-25(23,24)16-7-5-15(6-8-16)9-13-20-12-2-4-17(20)22/h5-8,19H,2-4,9-13H2,1H3,(H,18,21). The second-order valence-corrected chi connectivity index (χ2v) is 7.88. The van der Waals surface area contributed by atoms with Gasteiger partial charge in [-0.3, -0.25) is 9.59 Å². The molecule has 0 bridgehead atoms. The van der Waals surface area contributed by atoms with Gasteiger partial charge in [0.1, 0.15) is 0 Å². The molecule has 0 saturated carbocycles. The number of carbonyl (C=O) groups excluding carboxylic acids is 2.